The van der Waals surface area contributed by atoms with Gasteiger partial charge in [-0.3, -0.25) is 0 Å². The van der Waals surface area contributed by atoms with Crippen LogP contribution in [0.2, 0.25) is 0 Å². The van der Waals surface area contributed by atoms with E-state index < -0.39 is 11.3 Å². The average Bonchev–Trinajstić information content (AvgIpc) is 2.69. The Morgan fingerprint density at radius 1 is 1.19 bits per heavy atom. The van der Waals surface area contributed by atoms with E-state index in [4.69, 9.17) is 10.5 Å². The summed E-state index contributed by atoms with van der Waals surface area (Å²) in [4.78, 5) is 0. The molecule has 2 aliphatic rings. The number of fused-ring (bicyclic) bond motifs is 1. The fraction of sp³-hybridized carbons (Fsp3) is 0.381. The molecule has 1 aromatic rings. The van der Waals surface area contributed by atoms with E-state index >= 15 is 0 Å². The molecule has 26 heavy (non-hydrogen) atoms. The lowest BCUT2D eigenvalue weighted by Gasteiger charge is -2.43. The second-order valence-electron chi connectivity index (χ2n) is 6.61. The van der Waals surface area contributed by atoms with Crippen LogP contribution >= 0.6 is 0 Å². The van der Waals surface area contributed by atoms with Crippen LogP contribution in [0.25, 0.3) is 0 Å². The minimum absolute atomic E-state index is 0.0434. The molecule has 1 aromatic carbocycles. The van der Waals surface area contributed by atoms with Gasteiger partial charge in [-0.2, -0.15) is 15.8 Å². The van der Waals surface area contributed by atoms with Crippen molar-refractivity contribution >= 4 is 0 Å². The summed E-state index contributed by atoms with van der Waals surface area (Å²) in [5.74, 6) is 0.265. The number of nitrogens with two attached hydrogens (primary N) is 1. The first-order chi connectivity index (χ1) is 12.6. The van der Waals surface area contributed by atoms with Crippen molar-refractivity contribution in [3.05, 3.63) is 52.7 Å². The maximum absolute atomic E-state index is 9.96. The molecular formula is C21H20N4O. The summed E-state index contributed by atoms with van der Waals surface area (Å²) in [6.07, 6.45) is 4.77. The molecule has 0 bridgehead atoms. The third-order valence-corrected chi connectivity index (χ3v) is 5.34. The Labute approximate surface area is 153 Å². The minimum atomic E-state index is -1.58. The van der Waals surface area contributed by atoms with E-state index in [0.717, 1.165) is 36.1 Å². The highest BCUT2D eigenvalue weighted by atomic mass is 16.5. The molecule has 2 unspecified atom stereocenters. The maximum atomic E-state index is 9.96. The molecule has 0 aromatic heterocycles. The van der Waals surface area contributed by atoms with Crippen LogP contribution in [0, 0.1) is 45.3 Å². The van der Waals surface area contributed by atoms with Crippen molar-refractivity contribution in [3.63, 3.8) is 0 Å². The van der Waals surface area contributed by atoms with Crippen LogP contribution in [0.15, 0.2) is 47.2 Å². The van der Waals surface area contributed by atoms with Crippen LogP contribution in [0.5, 0.6) is 5.75 Å². The van der Waals surface area contributed by atoms with Crippen molar-refractivity contribution < 1.29 is 4.74 Å². The summed E-state index contributed by atoms with van der Waals surface area (Å²) in [6, 6.07) is 13.8. The van der Waals surface area contributed by atoms with Gasteiger partial charge in [-0.15, -0.1) is 0 Å². The number of benzene rings is 1. The van der Waals surface area contributed by atoms with Crippen LogP contribution in [0.1, 0.15) is 37.7 Å². The number of nitrogens with zero attached hydrogens (tertiary/aromatic N) is 3. The first-order valence-corrected chi connectivity index (χ1v) is 8.79. The zero-order valence-corrected chi connectivity index (χ0v) is 14.7. The van der Waals surface area contributed by atoms with Crippen molar-refractivity contribution in [3.8, 4) is 24.0 Å². The van der Waals surface area contributed by atoms with Crippen molar-refractivity contribution in [2.45, 2.75) is 32.1 Å². The van der Waals surface area contributed by atoms with E-state index in [-0.39, 0.29) is 11.5 Å². The normalized spacial score (nSPS) is 23.7. The molecule has 0 saturated carbocycles. The van der Waals surface area contributed by atoms with E-state index in [1.54, 1.807) is 0 Å². The fourth-order valence-electron chi connectivity index (χ4n) is 4.22. The van der Waals surface area contributed by atoms with Gasteiger partial charge < -0.3 is 10.5 Å². The summed E-state index contributed by atoms with van der Waals surface area (Å²) >= 11 is 0. The Bertz CT molecular complexity index is 876. The molecule has 3 rings (SSSR count). The number of hydrogen-bond donors (Lipinski definition) is 1. The first kappa shape index (κ1) is 17.6. The summed E-state index contributed by atoms with van der Waals surface area (Å²) < 4.78 is 5.50. The molecule has 130 valence electrons. The van der Waals surface area contributed by atoms with E-state index in [9.17, 15) is 15.8 Å². The van der Waals surface area contributed by atoms with Crippen LogP contribution in [-0.4, -0.2) is 6.61 Å². The predicted molar refractivity (Wildman–Crippen MR) is 96.3 cm³/mol. The number of nitriles is 3. The second-order valence-corrected chi connectivity index (χ2v) is 6.61. The zero-order valence-electron chi connectivity index (χ0n) is 14.7. The van der Waals surface area contributed by atoms with Crippen molar-refractivity contribution in [1.29, 1.82) is 15.8 Å². The molecule has 2 atom stereocenters. The lowest BCUT2D eigenvalue weighted by molar-refractivity contribution is 0.320. The number of ether oxygens (including phenoxy) is 1. The Morgan fingerprint density at radius 3 is 2.46 bits per heavy atom. The van der Waals surface area contributed by atoms with Gasteiger partial charge in [0.2, 0.25) is 0 Å². The molecule has 0 spiro atoms. The Balaban J connectivity index is 2.22. The summed E-state index contributed by atoms with van der Waals surface area (Å²) in [6.45, 7) is 2.48. The zero-order chi connectivity index (χ0) is 18.7. The van der Waals surface area contributed by atoms with Gasteiger partial charge in [-0.25, -0.2) is 0 Å². The highest BCUT2D eigenvalue weighted by Gasteiger charge is 2.54. The molecule has 0 heterocycles. The summed E-state index contributed by atoms with van der Waals surface area (Å²) in [5.41, 5.74) is 6.81. The first-order valence-electron chi connectivity index (χ1n) is 8.79. The summed E-state index contributed by atoms with van der Waals surface area (Å²) in [5, 5.41) is 29.6. The smallest absolute Gasteiger partial charge is 0.187 e. The Morgan fingerprint density at radius 2 is 1.88 bits per heavy atom. The van der Waals surface area contributed by atoms with Gasteiger partial charge in [-0.05, 0) is 55.4 Å². The van der Waals surface area contributed by atoms with E-state index in [0.29, 0.717) is 12.3 Å². The molecule has 0 fully saturated rings. The van der Waals surface area contributed by atoms with Gasteiger partial charge in [-0.1, -0.05) is 18.2 Å². The molecule has 0 amide bonds. The highest BCUT2D eigenvalue weighted by molar-refractivity contribution is 5.59. The molecule has 2 N–H and O–H groups in total. The number of hydrogen-bond acceptors (Lipinski definition) is 5. The van der Waals surface area contributed by atoms with E-state index in [1.807, 2.05) is 31.2 Å². The van der Waals surface area contributed by atoms with Gasteiger partial charge in [0.05, 0.1) is 36.1 Å². The van der Waals surface area contributed by atoms with Gasteiger partial charge >= 0.3 is 0 Å². The van der Waals surface area contributed by atoms with Crippen LogP contribution in [0.4, 0.5) is 0 Å². The van der Waals surface area contributed by atoms with E-state index in [1.165, 1.54) is 0 Å². The van der Waals surface area contributed by atoms with Gasteiger partial charge in [0, 0.05) is 5.92 Å². The second kappa shape index (κ2) is 6.95. The van der Waals surface area contributed by atoms with Gasteiger partial charge in [0.25, 0.3) is 0 Å². The molecular weight excluding hydrogens is 324 g/mol. The standard InChI is InChI=1S/C21H20N4O/c1-2-26-15-9-7-14(8-10-15)19-16-5-3-4-6-17(16)20(25)18(11-22)21(19,12-23)13-24/h6-10,16,19H,2-5,25H2,1H3. The molecule has 2 aliphatic carbocycles. The molecule has 0 saturated heterocycles. The third kappa shape index (κ3) is 2.52. The topological polar surface area (TPSA) is 107 Å². The van der Waals surface area contributed by atoms with Gasteiger partial charge in [0.1, 0.15) is 5.75 Å². The summed E-state index contributed by atoms with van der Waals surface area (Å²) in [7, 11) is 0. The van der Waals surface area contributed by atoms with Crippen LogP contribution in [0.3, 0.4) is 0 Å². The SMILES string of the molecule is CCOc1ccc(C2C3CCCC=C3C(N)=C(C#N)C2(C#N)C#N)cc1. The quantitative estimate of drug-likeness (QED) is 0.900. The fourth-order valence-corrected chi connectivity index (χ4v) is 4.22. The van der Waals surface area contributed by atoms with Crippen LogP contribution < -0.4 is 10.5 Å². The van der Waals surface area contributed by atoms with Crippen LogP contribution in [-0.2, 0) is 0 Å². The van der Waals surface area contributed by atoms with Crippen molar-refractivity contribution in [1.82, 2.24) is 0 Å². The number of rotatable bonds is 3. The molecule has 0 radical (unpaired) electrons. The largest absolute Gasteiger partial charge is 0.494 e. The van der Waals surface area contributed by atoms with E-state index in [2.05, 4.69) is 24.3 Å². The monoisotopic (exact) mass is 344 g/mol. The molecule has 5 heteroatoms. The van der Waals surface area contributed by atoms with Crippen molar-refractivity contribution in [2.24, 2.45) is 17.1 Å². The predicted octanol–water partition coefficient (Wildman–Crippen LogP) is 3.68. The Hall–Kier alpha value is -3.23. The molecule has 5 nitrogen and oxygen atoms in total. The average molecular weight is 344 g/mol. The minimum Gasteiger partial charge on any atom is -0.494 e. The lowest BCUT2D eigenvalue weighted by Crippen LogP contribution is -2.41. The Kier molecular flexibility index (Phi) is 4.70. The number of allylic oxidation sites excluding steroid dienone is 3. The van der Waals surface area contributed by atoms with Crippen molar-refractivity contribution in [2.75, 3.05) is 6.61 Å². The maximum Gasteiger partial charge on any atom is 0.187 e. The lowest BCUT2D eigenvalue weighted by atomic mass is 9.56. The highest BCUT2D eigenvalue weighted by Crippen LogP contribution is 2.56. The third-order valence-electron chi connectivity index (χ3n) is 5.34. The van der Waals surface area contributed by atoms with Gasteiger partial charge in [0.15, 0.2) is 5.41 Å². The molecule has 0 aliphatic heterocycles.